The van der Waals surface area contributed by atoms with Crippen LogP contribution < -0.4 is 5.32 Å². The molecule has 5 nitrogen and oxygen atoms in total. The fourth-order valence-electron chi connectivity index (χ4n) is 0.822. The number of aromatic nitrogens is 2. The Balaban J connectivity index is 2.07. The van der Waals surface area contributed by atoms with Gasteiger partial charge in [0, 0.05) is 18.9 Å². The molecule has 0 aliphatic rings. The molecule has 0 aliphatic carbocycles. The smallest absolute Gasteiger partial charge is 0.317 e. The van der Waals surface area contributed by atoms with Crippen LogP contribution in [0.4, 0.5) is 0 Å². The van der Waals surface area contributed by atoms with Crippen LogP contribution in [-0.4, -0.2) is 33.9 Å². The molecule has 0 unspecified atom stereocenters. The lowest BCUT2D eigenvalue weighted by Crippen LogP contribution is -2.26. The summed E-state index contributed by atoms with van der Waals surface area (Å²) >= 11 is 0. The average Bonchev–Trinajstić information content (AvgIpc) is 2.49. The van der Waals surface area contributed by atoms with Crippen LogP contribution in [0.15, 0.2) is 18.5 Å². The normalized spacial score (nSPS) is 10.0. The number of rotatable bonds is 5. The number of nitrogens with zero attached hydrogens (tertiary/aromatic N) is 2. The Morgan fingerprint density at radius 3 is 3.08 bits per heavy atom. The van der Waals surface area contributed by atoms with E-state index in [0.717, 1.165) is 0 Å². The topological polar surface area (TPSA) is 67.2 Å². The van der Waals surface area contributed by atoms with Gasteiger partial charge >= 0.3 is 5.97 Å². The van der Waals surface area contributed by atoms with E-state index in [1.54, 1.807) is 10.9 Å². The number of nitrogens with one attached hydrogen (secondary N) is 1. The van der Waals surface area contributed by atoms with Crippen molar-refractivity contribution in [1.82, 2.24) is 15.1 Å². The minimum absolute atomic E-state index is 0.00126. The summed E-state index contributed by atoms with van der Waals surface area (Å²) in [6, 6.07) is 1.83. The first-order valence-corrected chi connectivity index (χ1v) is 3.69. The SMILES string of the molecule is O=C(O)CNCCn1cccn1. The quantitative estimate of drug-likeness (QED) is 0.586. The second-order valence-electron chi connectivity index (χ2n) is 2.34. The van der Waals surface area contributed by atoms with E-state index in [2.05, 4.69) is 10.4 Å². The minimum atomic E-state index is -0.838. The van der Waals surface area contributed by atoms with Crippen molar-refractivity contribution in [3.05, 3.63) is 18.5 Å². The maximum atomic E-state index is 10.1. The van der Waals surface area contributed by atoms with Crippen molar-refractivity contribution in [1.29, 1.82) is 0 Å². The summed E-state index contributed by atoms with van der Waals surface area (Å²) in [4.78, 5) is 10.1. The molecule has 0 aliphatic heterocycles. The van der Waals surface area contributed by atoms with Crippen LogP contribution in [0.2, 0.25) is 0 Å². The lowest BCUT2D eigenvalue weighted by Gasteiger charge is -2.01. The summed E-state index contributed by atoms with van der Waals surface area (Å²) in [5, 5.41) is 15.0. The number of aliphatic carboxylic acids is 1. The first kappa shape index (κ1) is 8.73. The Bertz CT molecular complexity index is 233. The molecule has 0 amide bonds. The van der Waals surface area contributed by atoms with Gasteiger partial charge < -0.3 is 10.4 Å². The monoisotopic (exact) mass is 169 g/mol. The molecule has 2 N–H and O–H groups in total. The number of carbonyl (C=O) groups is 1. The van der Waals surface area contributed by atoms with Crippen molar-refractivity contribution in [3.8, 4) is 0 Å². The van der Waals surface area contributed by atoms with Crippen molar-refractivity contribution in [2.24, 2.45) is 0 Å². The summed E-state index contributed by atoms with van der Waals surface area (Å²) in [5.41, 5.74) is 0. The molecule has 0 fully saturated rings. The Kier molecular flexibility index (Phi) is 3.28. The maximum Gasteiger partial charge on any atom is 0.317 e. The molecule has 0 bridgehead atoms. The molecule has 0 saturated heterocycles. The van der Waals surface area contributed by atoms with E-state index in [1.165, 1.54) is 0 Å². The van der Waals surface area contributed by atoms with Gasteiger partial charge in [0.15, 0.2) is 0 Å². The van der Waals surface area contributed by atoms with Gasteiger partial charge in [-0.25, -0.2) is 0 Å². The van der Waals surface area contributed by atoms with Crippen molar-refractivity contribution in [2.45, 2.75) is 6.54 Å². The molecule has 5 heteroatoms. The zero-order valence-corrected chi connectivity index (χ0v) is 6.60. The maximum absolute atomic E-state index is 10.1. The van der Waals surface area contributed by atoms with Crippen molar-refractivity contribution >= 4 is 5.97 Å². The average molecular weight is 169 g/mol. The highest BCUT2D eigenvalue weighted by atomic mass is 16.4. The molecular formula is C7H11N3O2. The summed E-state index contributed by atoms with van der Waals surface area (Å²) < 4.78 is 1.74. The van der Waals surface area contributed by atoms with Crippen molar-refractivity contribution in [2.75, 3.05) is 13.1 Å². The van der Waals surface area contributed by atoms with E-state index >= 15 is 0 Å². The second kappa shape index (κ2) is 4.50. The standard InChI is InChI=1S/C7H11N3O2/c11-7(12)6-8-3-5-10-4-1-2-9-10/h1-2,4,8H,3,5-6H2,(H,11,12). The number of hydrogen-bond acceptors (Lipinski definition) is 3. The van der Waals surface area contributed by atoms with E-state index < -0.39 is 5.97 Å². The van der Waals surface area contributed by atoms with Crippen LogP contribution in [0.1, 0.15) is 0 Å². The Hall–Kier alpha value is -1.36. The lowest BCUT2D eigenvalue weighted by molar-refractivity contribution is -0.135. The molecule has 1 heterocycles. The third-order valence-electron chi connectivity index (χ3n) is 1.35. The van der Waals surface area contributed by atoms with Crippen LogP contribution >= 0.6 is 0 Å². The molecular weight excluding hydrogens is 158 g/mol. The zero-order valence-electron chi connectivity index (χ0n) is 6.60. The number of carboxylic acid groups (broad SMARTS) is 1. The fraction of sp³-hybridized carbons (Fsp3) is 0.429. The first-order chi connectivity index (χ1) is 5.79. The van der Waals surface area contributed by atoms with E-state index in [9.17, 15) is 4.79 Å². The van der Waals surface area contributed by atoms with E-state index in [0.29, 0.717) is 13.1 Å². The highest BCUT2D eigenvalue weighted by Gasteiger charge is 1.94. The van der Waals surface area contributed by atoms with Crippen LogP contribution in [-0.2, 0) is 11.3 Å². The molecule has 66 valence electrons. The minimum Gasteiger partial charge on any atom is -0.480 e. The summed E-state index contributed by atoms with van der Waals surface area (Å²) in [6.45, 7) is 1.32. The van der Waals surface area contributed by atoms with Gasteiger partial charge in [0.25, 0.3) is 0 Å². The Labute approximate surface area is 70.0 Å². The highest BCUT2D eigenvalue weighted by Crippen LogP contribution is 1.81. The summed E-state index contributed by atoms with van der Waals surface area (Å²) in [5.74, 6) is -0.838. The third-order valence-corrected chi connectivity index (χ3v) is 1.35. The van der Waals surface area contributed by atoms with Gasteiger partial charge in [0.05, 0.1) is 13.1 Å². The molecule has 0 spiro atoms. The molecule has 12 heavy (non-hydrogen) atoms. The number of carboxylic acids is 1. The lowest BCUT2D eigenvalue weighted by atomic mass is 10.5. The van der Waals surface area contributed by atoms with Crippen molar-refractivity contribution in [3.63, 3.8) is 0 Å². The van der Waals surface area contributed by atoms with Gasteiger partial charge in [0.2, 0.25) is 0 Å². The van der Waals surface area contributed by atoms with E-state index in [1.807, 2.05) is 12.3 Å². The molecule has 0 saturated carbocycles. The van der Waals surface area contributed by atoms with Gasteiger partial charge in [-0.05, 0) is 6.07 Å². The largest absolute Gasteiger partial charge is 0.480 e. The fourth-order valence-corrected chi connectivity index (χ4v) is 0.822. The summed E-state index contributed by atoms with van der Waals surface area (Å²) in [7, 11) is 0. The first-order valence-electron chi connectivity index (χ1n) is 3.69. The van der Waals surface area contributed by atoms with Crippen LogP contribution in [0.3, 0.4) is 0 Å². The number of hydrogen-bond donors (Lipinski definition) is 2. The van der Waals surface area contributed by atoms with Gasteiger partial charge in [-0.3, -0.25) is 9.48 Å². The van der Waals surface area contributed by atoms with Crippen LogP contribution in [0.5, 0.6) is 0 Å². The van der Waals surface area contributed by atoms with Crippen LogP contribution in [0, 0.1) is 0 Å². The third kappa shape index (κ3) is 3.16. The van der Waals surface area contributed by atoms with E-state index in [4.69, 9.17) is 5.11 Å². The molecule has 0 aromatic carbocycles. The molecule has 1 aromatic rings. The molecule has 0 radical (unpaired) electrons. The van der Waals surface area contributed by atoms with Gasteiger partial charge in [-0.15, -0.1) is 0 Å². The molecule has 0 atom stereocenters. The zero-order chi connectivity index (χ0) is 8.81. The van der Waals surface area contributed by atoms with Crippen LogP contribution in [0.25, 0.3) is 0 Å². The van der Waals surface area contributed by atoms with Crippen molar-refractivity contribution < 1.29 is 9.90 Å². The Morgan fingerprint density at radius 1 is 1.67 bits per heavy atom. The highest BCUT2D eigenvalue weighted by molar-refractivity contribution is 5.68. The van der Waals surface area contributed by atoms with E-state index in [-0.39, 0.29) is 6.54 Å². The van der Waals surface area contributed by atoms with Gasteiger partial charge in [-0.1, -0.05) is 0 Å². The van der Waals surface area contributed by atoms with Gasteiger partial charge in [0.1, 0.15) is 0 Å². The second-order valence-corrected chi connectivity index (χ2v) is 2.34. The Morgan fingerprint density at radius 2 is 2.50 bits per heavy atom. The van der Waals surface area contributed by atoms with Gasteiger partial charge in [-0.2, -0.15) is 5.10 Å². The predicted molar refractivity (Wildman–Crippen MR) is 42.7 cm³/mol. The summed E-state index contributed by atoms with van der Waals surface area (Å²) in [6.07, 6.45) is 3.53. The predicted octanol–water partition coefficient (Wildman–Crippen LogP) is -0.443. The molecule has 1 rings (SSSR count). The molecule has 1 aromatic heterocycles.